The van der Waals surface area contributed by atoms with Crippen LogP contribution in [0, 0.1) is 0 Å². The average Bonchev–Trinajstić information content (AvgIpc) is 3.03. The Bertz CT molecular complexity index is 609. The Labute approximate surface area is 165 Å². The first-order chi connectivity index (χ1) is 13.3. The third-order valence-electron chi connectivity index (χ3n) is 4.98. The molecule has 2 saturated heterocycles. The van der Waals surface area contributed by atoms with Crippen LogP contribution < -0.4 is 5.32 Å². The minimum absolute atomic E-state index is 0.448. The van der Waals surface area contributed by atoms with E-state index in [-0.39, 0.29) is 0 Å². The first-order valence-electron chi connectivity index (χ1n) is 8.97. The Kier molecular flexibility index (Phi) is 6.95. The van der Waals surface area contributed by atoms with E-state index in [0.717, 1.165) is 5.04 Å². The number of rotatable bonds is 5. The van der Waals surface area contributed by atoms with E-state index in [9.17, 15) is 30.3 Å². The van der Waals surface area contributed by atoms with Gasteiger partial charge in [0.2, 0.25) is 5.91 Å². The lowest BCUT2D eigenvalue weighted by molar-refractivity contribution is -0.309. The highest BCUT2D eigenvalue weighted by Gasteiger charge is 2.52. The zero-order chi connectivity index (χ0) is 20.6. The topological polar surface area (TPSA) is 170 Å². The number of carbonyl (C=O) groups excluding carboxylic acids is 1. The maximum Gasteiger partial charge on any atom is 0.217 e. The van der Waals surface area contributed by atoms with Crippen LogP contribution >= 0.6 is 11.8 Å². The maximum absolute atomic E-state index is 11.5. The Morgan fingerprint density at radius 1 is 1.14 bits per heavy atom. The molecule has 0 radical (unpaired) electrons. The van der Waals surface area contributed by atoms with Crippen molar-refractivity contribution < 1.29 is 44.5 Å². The molecule has 160 valence electrons. The number of nitrogens with one attached hydrogen (secondary N) is 1. The highest BCUT2D eigenvalue weighted by atomic mass is 32.2. The molecule has 0 spiro atoms. The van der Waals surface area contributed by atoms with E-state index in [0.29, 0.717) is 0 Å². The van der Waals surface area contributed by atoms with E-state index in [1.807, 2.05) is 0 Å². The minimum atomic E-state index is -1.48. The van der Waals surface area contributed by atoms with Crippen LogP contribution in [0.3, 0.4) is 0 Å². The Balaban J connectivity index is 1.81. The second kappa shape index (κ2) is 8.90. The molecule has 28 heavy (non-hydrogen) atoms. The molecule has 3 rings (SSSR count). The standard InChI is InChI=1S/C16H26N2O9S/c1-5(21)17-9-12(23)11(22)7(3-19)25-15(9)27-14-8(4-20)26-16-10(13(14)24)18-6(2)28-16/h7-16,19-20,22-24H,3-4H2,1-2H3,(H,17,21)/t7-,8-,9-,10-,11-,12-,13-,14-,15+,16-/m1/s1. The number of ether oxygens (including phenoxy) is 3. The smallest absolute Gasteiger partial charge is 0.217 e. The average molecular weight is 422 g/mol. The van der Waals surface area contributed by atoms with Gasteiger partial charge in [0, 0.05) is 6.92 Å². The van der Waals surface area contributed by atoms with E-state index in [1.165, 1.54) is 18.7 Å². The lowest BCUT2D eigenvalue weighted by atomic mass is 9.95. The summed E-state index contributed by atoms with van der Waals surface area (Å²) >= 11 is 1.34. The van der Waals surface area contributed by atoms with Gasteiger partial charge in [-0.05, 0) is 6.92 Å². The maximum atomic E-state index is 11.5. The number of thioether (sulfide) groups is 1. The highest BCUT2D eigenvalue weighted by molar-refractivity contribution is 8.14. The van der Waals surface area contributed by atoms with Crippen LogP contribution in [-0.4, -0.2) is 110 Å². The van der Waals surface area contributed by atoms with Crippen molar-refractivity contribution in [2.45, 2.75) is 74.3 Å². The number of carbonyl (C=O) groups is 1. The fourth-order valence-electron chi connectivity index (χ4n) is 3.61. The van der Waals surface area contributed by atoms with Gasteiger partial charge in [0.25, 0.3) is 0 Å². The zero-order valence-corrected chi connectivity index (χ0v) is 16.2. The van der Waals surface area contributed by atoms with Crippen molar-refractivity contribution in [3.63, 3.8) is 0 Å². The molecule has 0 saturated carbocycles. The Morgan fingerprint density at radius 3 is 2.43 bits per heavy atom. The van der Waals surface area contributed by atoms with Gasteiger partial charge in [0.1, 0.15) is 54.1 Å². The van der Waals surface area contributed by atoms with Gasteiger partial charge in [0.05, 0.1) is 18.3 Å². The predicted octanol–water partition coefficient (Wildman–Crippen LogP) is -3.07. The first kappa shape index (κ1) is 21.9. The van der Waals surface area contributed by atoms with Crippen molar-refractivity contribution in [2.24, 2.45) is 4.99 Å². The summed E-state index contributed by atoms with van der Waals surface area (Å²) in [4.78, 5) is 15.9. The molecule has 0 aromatic heterocycles. The van der Waals surface area contributed by atoms with Gasteiger partial charge in [-0.15, -0.1) is 0 Å². The highest BCUT2D eigenvalue weighted by Crippen LogP contribution is 2.38. The molecule has 0 aliphatic carbocycles. The Morgan fingerprint density at radius 2 is 1.82 bits per heavy atom. The molecule has 3 aliphatic rings. The third-order valence-corrected chi connectivity index (χ3v) is 6.05. The number of aliphatic hydroxyl groups is 5. The van der Waals surface area contributed by atoms with Gasteiger partial charge < -0.3 is 45.1 Å². The van der Waals surface area contributed by atoms with Crippen molar-refractivity contribution >= 4 is 22.7 Å². The molecule has 11 nitrogen and oxygen atoms in total. The van der Waals surface area contributed by atoms with E-state index < -0.39 is 79.6 Å². The summed E-state index contributed by atoms with van der Waals surface area (Å²) in [7, 11) is 0. The van der Waals surface area contributed by atoms with E-state index in [1.54, 1.807) is 6.92 Å². The van der Waals surface area contributed by atoms with Crippen LogP contribution in [0.5, 0.6) is 0 Å². The lowest BCUT2D eigenvalue weighted by Crippen LogP contribution is -2.67. The lowest BCUT2D eigenvalue weighted by Gasteiger charge is -2.46. The molecular weight excluding hydrogens is 396 g/mol. The monoisotopic (exact) mass is 422 g/mol. The molecule has 0 aromatic rings. The van der Waals surface area contributed by atoms with Crippen LogP contribution in [0.4, 0.5) is 0 Å². The number of hydrogen-bond acceptors (Lipinski definition) is 11. The molecule has 12 heteroatoms. The second-order valence-electron chi connectivity index (χ2n) is 7.01. The number of nitrogens with zero attached hydrogens (tertiary/aromatic N) is 1. The number of fused-ring (bicyclic) bond motifs is 1. The Hall–Kier alpha value is -0.830. The molecule has 0 bridgehead atoms. The molecular formula is C16H26N2O9S. The molecule has 3 heterocycles. The van der Waals surface area contributed by atoms with Crippen molar-refractivity contribution in [1.82, 2.24) is 5.32 Å². The predicted molar refractivity (Wildman–Crippen MR) is 96.5 cm³/mol. The van der Waals surface area contributed by atoms with Crippen molar-refractivity contribution in [3.8, 4) is 0 Å². The van der Waals surface area contributed by atoms with E-state index in [4.69, 9.17) is 14.2 Å². The number of hydrogen-bond donors (Lipinski definition) is 6. The van der Waals surface area contributed by atoms with Crippen molar-refractivity contribution in [2.75, 3.05) is 13.2 Å². The van der Waals surface area contributed by atoms with E-state index in [2.05, 4.69) is 10.3 Å². The van der Waals surface area contributed by atoms with Crippen molar-refractivity contribution in [1.29, 1.82) is 0 Å². The molecule has 2 fully saturated rings. The molecule has 1 amide bonds. The molecule has 3 aliphatic heterocycles. The van der Waals surface area contributed by atoms with E-state index >= 15 is 0 Å². The summed E-state index contributed by atoms with van der Waals surface area (Å²) in [5.74, 6) is -0.498. The van der Waals surface area contributed by atoms with Crippen LogP contribution in [0.25, 0.3) is 0 Å². The summed E-state index contributed by atoms with van der Waals surface area (Å²) in [6.07, 6.45) is -8.52. The fraction of sp³-hybridized carbons (Fsp3) is 0.875. The molecule has 0 aromatic carbocycles. The number of amides is 1. The normalized spacial score (nSPS) is 46.0. The van der Waals surface area contributed by atoms with Crippen LogP contribution in [0.2, 0.25) is 0 Å². The second-order valence-corrected chi connectivity index (χ2v) is 8.30. The summed E-state index contributed by atoms with van der Waals surface area (Å²) in [6, 6.07) is -1.77. The molecule has 0 unspecified atom stereocenters. The van der Waals surface area contributed by atoms with Crippen LogP contribution in [0.1, 0.15) is 13.8 Å². The summed E-state index contributed by atoms with van der Waals surface area (Å²) in [5, 5.41) is 53.5. The van der Waals surface area contributed by atoms with Crippen LogP contribution in [0.15, 0.2) is 4.99 Å². The zero-order valence-electron chi connectivity index (χ0n) is 15.4. The van der Waals surface area contributed by atoms with Gasteiger partial charge in [-0.25, -0.2) is 0 Å². The summed E-state index contributed by atoms with van der Waals surface area (Å²) in [5.41, 5.74) is -0.456. The third kappa shape index (κ3) is 4.20. The first-order valence-corrected chi connectivity index (χ1v) is 9.85. The van der Waals surface area contributed by atoms with Gasteiger partial charge in [-0.3, -0.25) is 9.79 Å². The number of aliphatic hydroxyl groups excluding tert-OH is 5. The largest absolute Gasteiger partial charge is 0.394 e. The van der Waals surface area contributed by atoms with Gasteiger partial charge in [0.15, 0.2) is 6.29 Å². The SMILES string of the molecule is CC(=O)N[C@H]1[C@H](O[C@H]2[C@H](O)[C@H]3N=C(C)S[C@H]3O[C@@H]2CO)O[C@H](CO)[C@@H](O)[C@@H]1O. The molecule has 6 N–H and O–H groups in total. The van der Waals surface area contributed by atoms with Crippen molar-refractivity contribution in [3.05, 3.63) is 0 Å². The fourth-order valence-corrected chi connectivity index (χ4v) is 4.68. The minimum Gasteiger partial charge on any atom is -0.394 e. The molecule has 10 atom stereocenters. The van der Waals surface area contributed by atoms with Gasteiger partial charge in [-0.2, -0.15) is 0 Å². The van der Waals surface area contributed by atoms with Gasteiger partial charge >= 0.3 is 0 Å². The summed E-state index contributed by atoms with van der Waals surface area (Å²) in [6.45, 7) is 1.96. The quantitative estimate of drug-likeness (QED) is 0.267. The number of aliphatic imine (C=N–C) groups is 1. The summed E-state index contributed by atoms with van der Waals surface area (Å²) < 4.78 is 17.1. The van der Waals surface area contributed by atoms with Gasteiger partial charge in [-0.1, -0.05) is 11.8 Å². The van der Waals surface area contributed by atoms with Crippen LogP contribution in [-0.2, 0) is 19.0 Å².